The molecule has 6 heteroatoms. The molecule has 4 aromatic rings. The zero-order valence-electron chi connectivity index (χ0n) is 16.8. The molecule has 0 N–H and O–H groups in total. The van der Waals surface area contributed by atoms with Gasteiger partial charge in [0.2, 0.25) is 0 Å². The molecular weight excluding hydrogens is 404 g/mol. The monoisotopic (exact) mass is 424 g/mol. The van der Waals surface area contributed by atoms with Crippen LogP contribution in [0.2, 0.25) is 0 Å². The second-order valence-electron chi connectivity index (χ2n) is 7.30. The molecule has 31 heavy (non-hydrogen) atoms. The molecule has 5 rings (SSSR count). The maximum Gasteiger partial charge on any atom is 0.253 e. The molecule has 2 heterocycles. The molecule has 1 aliphatic rings. The number of nitrogens with zero attached hydrogens (tertiary/aromatic N) is 4. The van der Waals surface area contributed by atoms with E-state index in [4.69, 9.17) is 5.10 Å². The fourth-order valence-electron chi connectivity index (χ4n) is 3.77. The predicted octanol–water partition coefficient (Wildman–Crippen LogP) is 5.10. The van der Waals surface area contributed by atoms with Crippen molar-refractivity contribution < 1.29 is 4.79 Å². The molecule has 0 radical (unpaired) electrons. The highest BCUT2D eigenvalue weighted by atomic mass is 32.2. The SMILES string of the molecule is O=C(CSc1ncccn1)N1N=C(c2ccc3ccccc3c2)C[C@@H]1c1ccccc1. The van der Waals surface area contributed by atoms with Crippen LogP contribution in [-0.2, 0) is 4.79 Å². The van der Waals surface area contributed by atoms with Gasteiger partial charge in [-0.1, -0.05) is 78.5 Å². The van der Waals surface area contributed by atoms with Crippen LogP contribution in [0.4, 0.5) is 0 Å². The van der Waals surface area contributed by atoms with Gasteiger partial charge in [-0.25, -0.2) is 15.0 Å². The summed E-state index contributed by atoms with van der Waals surface area (Å²) in [6.45, 7) is 0. The fraction of sp³-hybridized carbons (Fsp3) is 0.120. The average Bonchev–Trinajstić information content (AvgIpc) is 3.29. The highest BCUT2D eigenvalue weighted by molar-refractivity contribution is 7.99. The number of carbonyl (C=O) groups excluding carboxylic acids is 1. The van der Waals surface area contributed by atoms with Crippen molar-refractivity contribution in [1.29, 1.82) is 0 Å². The van der Waals surface area contributed by atoms with Crippen molar-refractivity contribution in [2.24, 2.45) is 5.10 Å². The molecule has 1 aromatic heterocycles. The second kappa shape index (κ2) is 8.70. The Labute approximate surface area is 184 Å². The summed E-state index contributed by atoms with van der Waals surface area (Å²) < 4.78 is 0. The van der Waals surface area contributed by atoms with Crippen LogP contribution in [0, 0.1) is 0 Å². The van der Waals surface area contributed by atoms with E-state index in [0.29, 0.717) is 11.6 Å². The maximum atomic E-state index is 13.1. The van der Waals surface area contributed by atoms with Crippen molar-refractivity contribution in [3.05, 3.63) is 102 Å². The zero-order chi connectivity index (χ0) is 21.0. The second-order valence-corrected chi connectivity index (χ2v) is 8.24. The average molecular weight is 425 g/mol. The minimum absolute atomic E-state index is 0.0536. The van der Waals surface area contributed by atoms with E-state index in [1.54, 1.807) is 23.5 Å². The van der Waals surface area contributed by atoms with Gasteiger partial charge < -0.3 is 0 Å². The Kier molecular flexibility index (Phi) is 5.46. The van der Waals surface area contributed by atoms with E-state index < -0.39 is 0 Å². The first-order valence-electron chi connectivity index (χ1n) is 10.1. The summed E-state index contributed by atoms with van der Waals surface area (Å²) in [5.74, 6) is 0.184. The van der Waals surface area contributed by atoms with Gasteiger partial charge in [0, 0.05) is 18.8 Å². The summed E-state index contributed by atoms with van der Waals surface area (Å²) in [5.41, 5.74) is 3.05. The third kappa shape index (κ3) is 4.20. The number of thioether (sulfide) groups is 1. The Balaban J connectivity index is 1.44. The van der Waals surface area contributed by atoms with Gasteiger partial charge in [0.1, 0.15) is 0 Å². The normalized spacial score (nSPS) is 15.8. The summed E-state index contributed by atoms with van der Waals surface area (Å²) in [4.78, 5) is 21.5. The first kappa shape index (κ1) is 19.5. The van der Waals surface area contributed by atoms with E-state index in [0.717, 1.165) is 16.8 Å². The van der Waals surface area contributed by atoms with Crippen LogP contribution in [0.15, 0.2) is 102 Å². The summed E-state index contributed by atoms with van der Waals surface area (Å²) in [7, 11) is 0. The molecule has 152 valence electrons. The number of benzene rings is 3. The lowest BCUT2D eigenvalue weighted by molar-refractivity contribution is -0.130. The molecule has 0 spiro atoms. The van der Waals surface area contributed by atoms with Crippen LogP contribution >= 0.6 is 11.8 Å². The Bertz CT molecular complexity index is 1240. The highest BCUT2D eigenvalue weighted by Gasteiger charge is 2.33. The van der Waals surface area contributed by atoms with Gasteiger partial charge in [-0.3, -0.25) is 4.79 Å². The minimum Gasteiger partial charge on any atom is -0.272 e. The first-order valence-corrected chi connectivity index (χ1v) is 11.1. The van der Waals surface area contributed by atoms with E-state index in [1.807, 2.05) is 30.3 Å². The van der Waals surface area contributed by atoms with Gasteiger partial charge >= 0.3 is 0 Å². The zero-order valence-corrected chi connectivity index (χ0v) is 17.6. The molecule has 1 aliphatic heterocycles. The minimum atomic E-state index is -0.118. The van der Waals surface area contributed by atoms with Gasteiger partial charge in [0.15, 0.2) is 5.16 Å². The Morgan fingerprint density at radius 3 is 2.45 bits per heavy atom. The van der Waals surface area contributed by atoms with Gasteiger partial charge in [-0.05, 0) is 34.0 Å². The van der Waals surface area contributed by atoms with Crippen LogP contribution in [0.5, 0.6) is 0 Å². The number of amides is 1. The lowest BCUT2D eigenvalue weighted by atomic mass is 9.97. The van der Waals surface area contributed by atoms with E-state index in [9.17, 15) is 4.79 Å². The summed E-state index contributed by atoms with van der Waals surface area (Å²) >= 11 is 1.33. The molecule has 0 bridgehead atoms. The molecule has 3 aromatic carbocycles. The number of fused-ring (bicyclic) bond motifs is 1. The van der Waals surface area contributed by atoms with Crippen molar-refractivity contribution in [3.8, 4) is 0 Å². The molecule has 5 nitrogen and oxygen atoms in total. The Morgan fingerprint density at radius 2 is 1.65 bits per heavy atom. The molecule has 1 amide bonds. The number of carbonyl (C=O) groups is 1. The Morgan fingerprint density at radius 1 is 0.903 bits per heavy atom. The van der Waals surface area contributed by atoms with E-state index in [1.165, 1.54) is 22.5 Å². The van der Waals surface area contributed by atoms with Gasteiger partial charge in [0.05, 0.1) is 17.5 Å². The van der Waals surface area contributed by atoms with Crippen LogP contribution in [-0.4, -0.2) is 32.3 Å². The maximum absolute atomic E-state index is 13.1. The topological polar surface area (TPSA) is 58.5 Å². The van der Waals surface area contributed by atoms with E-state index >= 15 is 0 Å². The summed E-state index contributed by atoms with van der Waals surface area (Å²) in [6.07, 6.45) is 4.04. The van der Waals surface area contributed by atoms with Crippen LogP contribution in [0.25, 0.3) is 10.8 Å². The third-order valence-electron chi connectivity index (χ3n) is 5.30. The van der Waals surface area contributed by atoms with Gasteiger partial charge in [-0.15, -0.1) is 0 Å². The molecule has 0 fully saturated rings. The van der Waals surface area contributed by atoms with E-state index in [-0.39, 0.29) is 17.7 Å². The molecule has 0 aliphatic carbocycles. The Hall–Kier alpha value is -3.51. The summed E-state index contributed by atoms with van der Waals surface area (Å²) in [6, 6.07) is 26.3. The predicted molar refractivity (Wildman–Crippen MR) is 124 cm³/mol. The standard InChI is InChI=1S/C25H20N4OS/c30-24(17-31-25-26-13-6-14-27-25)29-23(19-8-2-1-3-9-19)16-22(28-29)21-12-11-18-7-4-5-10-20(18)15-21/h1-15,23H,16-17H2/t23-/m1/s1. The smallest absolute Gasteiger partial charge is 0.253 e. The van der Waals surface area contributed by atoms with Crippen LogP contribution < -0.4 is 0 Å². The lowest BCUT2D eigenvalue weighted by Gasteiger charge is -2.21. The van der Waals surface area contributed by atoms with Crippen LogP contribution in [0.3, 0.4) is 0 Å². The highest BCUT2D eigenvalue weighted by Crippen LogP contribution is 2.34. The first-order chi connectivity index (χ1) is 15.3. The molecule has 0 saturated carbocycles. The van der Waals surface area contributed by atoms with Gasteiger partial charge in [0.25, 0.3) is 5.91 Å². The van der Waals surface area contributed by atoms with Crippen LogP contribution in [0.1, 0.15) is 23.6 Å². The molecule has 0 saturated heterocycles. The lowest BCUT2D eigenvalue weighted by Crippen LogP contribution is -2.28. The van der Waals surface area contributed by atoms with Crippen molar-refractivity contribution in [2.75, 3.05) is 5.75 Å². The molecular formula is C25H20N4OS. The number of hydrogen-bond acceptors (Lipinski definition) is 5. The third-order valence-corrected chi connectivity index (χ3v) is 6.16. The fourth-order valence-corrected chi connectivity index (χ4v) is 4.43. The largest absolute Gasteiger partial charge is 0.272 e. The van der Waals surface area contributed by atoms with Crippen molar-refractivity contribution in [1.82, 2.24) is 15.0 Å². The van der Waals surface area contributed by atoms with E-state index in [2.05, 4.69) is 52.4 Å². The number of aromatic nitrogens is 2. The van der Waals surface area contributed by atoms with Crippen molar-refractivity contribution in [3.63, 3.8) is 0 Å². The molecule has 0 unspecified atom stereocenters. The quantitative estimate of drug-likeness (QED) is 0.330. The number of hydrogen-bond donors (Lipinski definition) is 0. The van der Waals surface area contributed by atoms with Gasteiger partial charge in [-0.2, -0.15) is 5.10 Å². The van der Waals surface area contributed by atoms with Crippen molar-refractivity contribution >= 4 is 34.2 Å². The molecule has 1 atom stereocenters. The number of rotatable bonds is 5. The number of hydrazone groups is 1. The summed E-state index contributed by atoms with van der Waals surface area (Å²) in [5, 5.41) is 9.36. The van der Waals surface area contributed by atoms with Crippen molar-refractivity contribution in [2.45, 2.75) is 17.6 Å².